The maximum absolute atomic E-state index is 2.71. The number of hydrogen-bond acceptors (Lipinski definition) is 2. The van der Waals surface area contributed by atoms with Crippen LogP contribution in [-0.2, 0) is 10.8 Å². The van der Waals surface area contributed by atoms with Crippen LogP contribution in [0.15, 0.2) is 103 Å². The van der Waals surface area contributed by atoms with Crippen molar-refractivity contribution in [3.63, 3.8) is 0 Å². The van der Waals surface area contributed by atoms with Crippen LogP contribution in [0.4, 0.5) is 34.1 Å². The summed E-state index contributed by atoms with van der Waals surface area (Å²) in [5.74, 6) is 3.83. The second-order valence-electron chi connectivity index (χ2n) is 18.0. The van der Waals surface area contributed by atoms with Gasteiger partial charge in [-0.1, -0.05) is 101 Å². The van der Waals surface area contributed by atoms with Gasteiger partial charge in [0.25, 0.3) is 6.71 Å². The number of fused-ring (bicyclic) bond motifs is 6. The average Bonchev–Trinajstić information content (AvgIpc) is 3.11. The molecular formula is C47H47BN2. The lowest BCUT2D eigenvalue weighted by Gasteiger charge is -2.64. The first-order valence-corrected chi connectivity index (χ1v) is 19.4. The molecule has 0 atom stereocenters. The van der Waals surface area contributed by atoms with Crippen LogP contribution in [0.1, 0.15) is 94.9 Å². The van der Waals surface area contributed by atoms with E-state index < -0.39 is 0 Å². The highest BCUT2D eigenvalue weighted by Gasteiger charge is 2.62. The molecule has 0 radical (unpaired) electrons. The Kier molecular flexibility index (Phi) is 5.88. The Morgan fingerprint density at radius 2 is 1.26 bits per heavy atom. The molecule has 0 N–H and O–H groups in total. The predicted molar refractivity (Wildman–Crippen MR) is 211 cm³/mol. The molecule has 248 valence electrons. The highest BCUT2D eigenvalue weighted by Crippen LogP contribution is 2.69. The Labute approximate surface area is 298 Å². The van der Waals surface area contributed by atoms with Crippen molar-refractivity contribution in [3.8, 4) is 0 Å². The number of anilines is 6. The van der Waals surface area contributed by atoms with E-state index in [-0.39, 0.29) is 17.5 Å². The highest BCUT2D eigenvalue weighted by molar-refractivity contribution is 7.00. The van der Waals surface area contributed by atoms with Gasteiger partial charge in [-0.3, -0.25) is 0 Å². The summed E-state index contributed by atoms with van der Waals surface area (Å²) in [6.45, 7) is 11.8. The Balaban J connectivity index is 1.21. The lowest BCUT2D eigenvalue weighted by atomic mass is 9.32. The summed E-state index contributed by atoms with van der Waals surface area (Å²) in [7, 11) is 0. The summed E-state index contributed by atoms with van der Waals surface area (Å²) < 4.78 is 0. The number of rotatable bonds is 2. The van der Waals surface area contributed by atoms with Crippen molar-refractivity contribution in [2.45, 2.75) is 83.5 Å². The van der Waals surface area contributed by atoms with E-state index in [1.54, 1.807) is 11.1 Å². The van der Waals surface area contributed by atoms with Crippen LogP contribution in [0.5, 0.6) is 0 Å². The largest absolute Gasteiger partial charge is 0.311 e. The van der Waals surface area contributed by atoms with E-state index in [4.69, 9.17) is 0 Å². The lowest BCUT2D eigenvalue weighted by Crippen LogP contribution is -2.64. The third kappa shape index (κ3) is 3.67. The normalized spacial score (nSPS) is 26.2. The van der Waals surface area contributed by atoms with Crippen molar-refractivity contribution >= 4 is 57.2 Å². The third-order valence-corrected chi connectivity index (χ3v) is 14.2. The van der Waals surface area contributed by atoms with Gasteiger partial charge in [0.05, 0.1) is 5.69 Å². The van der Waals surface area contributed by atoms with Gasteiger partial charge in [0.15, 0.2) is 0 Å². The molecule has 7 aliphatic rings. The molecule has 0 aromatic heterocycles. The Morgan fingerprint density at radius 3 is 1.96 bits per heavy atom. The van der Waals surface area contributed by atoms with Crippen molar-refractivity contribution in [2.24, 2.45) is 23.7 Å². The van der Waals surface area contributed by atoms with Gasteiger partial charge in [-0.2, -0.15) is 0 Å². The predicted octanol–water partition coefficient (Wildman–Crippen LogP) is 10.2. The van der Waals surface area contributed by atoms with Crippen LogP contribution < -0.4 is 26.2 Å². The molecule has 1 spiro atoms. The van der Waals surface area contributed by atoms with Gasteiger partial charge >= 0.3 is 0 Å². The average molecular weight is 651 g/mol. The summed E-state index contributed by atoms with van der Waals surface area (Å²) in [6.07, 6.45) is 7.08. The van der Waals surface area contributed by atoms with Crippen LogP contribution in [0.25, 0.3) is 0 Å². The van der Waals surface area contributed by atoms with Crippen LogP contribution in [0.3, 0.4) is 0 Å². The molecule has 4 aliphatic carbocycles. The van der Waals surface area contributed by atoms with Crippen LogP contribution >= 0.6 is 0 Å². The molecule has 3 aliphatic heterocycles. The topological polar surface area (TPSA) is 6.48 Å². The van der Waals surface area contributed by atoms with Gasteiger partial charge in [0.2, 0.25) is 0 Å². The molecule has 4 bridgehead atoms. The first-order valence-electron chi connectivity index (χ1n) is 19.4. The minimum absolute atomic E-state index is 0.0543. The molecule has 4 fully saturated rings. The number of nitrogens with zero attached hydrogens (tertiary/aromatic N) is 2. The zero-order valence-electron chi connectivity index (χ0n) is 30.2. The van der Waals surface area contributed by atoms with Crippen molar-refractivity contribution in [2.75, 3.05) is 9.80 Å². The zero-order valence-corrected chi connectivity index (χ0v) is 30.2. The van der Waals surface area contributed by atoms with Crippen molar-refractivity contribution in [3.05, 3.63) is 125 Å². The van der Waals surface area contributed by atoms with E-state index in [2.05, 4.69) is 148 Å². The summed E-state index contributed by atoms with van der Waals surface area (Å²) in [6, 6.07) is 41.0. The van der Waals surface area contributed by atoms with E-state index in [1.165, 1.54) is 93.7 Å². The fraction of sp³-hybridized carbons (Fsp3) is 0.362. The van der Waals surface area contributed by atoms with Gasteiger partial charge in [0.1, 0.15) is 0 Å². The minimum atomic E-state index is 0.0543. The van der Waals surface area contributed by atoms with Gasteiger partial charge in [-0.25, -0.2) is 0 Å². The first-order chi connectivity index (χ1) is 24.2. The summed E-state index contributed by atoms with van der Waals surface area (Å²) in [5.41, 5.74) is 18.7. The van der Waals surface area contributed by atoms with Crippen molar-refractivity contribution < 1.29 is 0 Å². The lowest BCUT2D eigenvalue weighted by molar-refractivity contribution is -0.0419. The van der Waals surface area contributed by atoms with E-state index in [0.29, 0.717) is 5.92 Å². The summed E-state index contributed by atoms with van der Waals surface area (Å²) in [4.78, 5) is 5.27. The molecule has 0 unspecified atom stereocenters. The third-order valence-electron chi connectivity index (χ3n) is 14.2. The first kappa shape index (κ1) is 29.5. The van der Waals surface area contributed by atoms with Gasteiger partial charge in [-0.15, -0.1) is 0 Å². The van der Waals surface area contributed by atoms with Gasteiger partial charge in [0, 0.05) is 33.9 Å². The van der Waals surface area contributed by atoms with E-state index >= 15 is 0 Å². The number of para-hydroxylation sites is 2. The SMILES string of the molecule is CC(C)c1ccc(N2c3ccc(C(C)(C)C)cc3B3c4cccc5c4N(c4ccccc4C54C5CC6CC(C5)CC4C6)c4cccc2c43)cc1. The molecule has 0 saturated heterocycles. The minimum Gasteiger partial charge on any atom is -0.311 e. The monoisotopic (exact) mass is 650 g/mol. The van der Waals surface area contributed by atoms with Crippen LogP contribution in [-0.4, -0.2) is 6.71 Å². The maximum atomic E-state index is 2.71. The maximum Gasteiger partial charge on any atom is 0.252 e. The number of benzene rings is 5. The Bertz CT molecular complexity index is 2190. The fourth-order valence-corrected chi connectivity index (χ4v) is 12.3. The molecular weight excluding hydrogens is 603 g/mol. The smallest absolute Gasteiger partial charge is 0.252 e. The molecule has 5 aromatic rings. The summed E-state index contributed by atoms with van der Waals surface area (Å²) in [5, 5.41) is 0. The van der Waals surface area contributed by atoms with Gasteiger partial charge < -0.3 is 9.80 Å². The van der Waals surface area contributed by atoms with E-state index in [9.17, 15) is 0 Å². The Hall–Kier alpha value is -4.24. The molecule has 0 amide bonds. The Morgan fingerprint density at radius 1 is 0.620 bits per heavy atom. The second kappa shape index (κ2) is 9.96. The van der Waals surface area contributed by atoms with Crippen LogP contribution in [0.2, 0.25) is 0 Å². The van der Waals surface area contributed by atoms with Gasteiger partial charge in [-0.05, 0) is 142 Å². The molecule has 50 heavy (non-hydrogen) atoms. The second-order valence-corrected chi connectivity index (χ2v) is 18.0. The molecule has 2 nitrogen and oxygen atoms in total. The quantitative estimate of drug-likeness (QED) is 0.172. The van der Waals surface area contributed by atoms with E-state index in [1.807, 2.05) is 0 Å². The van der Waals surface area contributed by atoms with Crippen LogP contribution in [0, 0.1) is 23.7 Å². The molecule has 12 rings (SSSR count). The van der Waals surface area contributed by atoms with E-state index in [0.717, 1.165) is 23.7 Å². The summed E-state index contributed by atoms with van der Waals surface area (Å²) >= 11 is 0. The molecule has 5 aromatic carbocycles. The standard InChI is InChI=1S/C47H47BN2/c1-28(2)31-16-19-35(20-17-31)49-41-21-18-32(46(3,4)5)27-39(41)48-38-12-8-11-37-45(38)50(43-15-9-14-42(49)44(43)48)40-13-7-6-10-36(40)47(37)33-23-29-22-30(25-33)26-34(47)24-29/h6-21,27-30,33-34H,22-26H2,1-5H3. The zero-order chi connectivity index (χ0) is 33.7. The molecule has 3 heteroatoms. The van der Waals surface area contributed by atoms with Crippen molar-refractivity contribution in [1.29, 1.82) is 0 Å². The highest BCUT2D eigenvalue weighted by atomic mass is 15.2. The molecule has 3 heterocycles. The number of hydrogen-bond donors (Lipinski definition) is 0. The van der Waals surface area contributed by atoms with Crippen molar-refractivity contribution in [1.82, 2.24) is 0 Å². The fourth-order valence-electron chi connectivity index (χ4n) is 12.3. The molecule has 4 saturated carbocycles.